The van der Waals surface area contributed by atoms with Crippen LogP contribution in [-0.2, 0) is 27.7 Å². The first-order valence-electron chi connectivity index (χ1n) is 11.7. The second-order valence-electron chi connectivity index (χ2n) is 8.86. The van der Waals surface area contributed by atoms with Gasteiger partial charge in [-0.2, -0.15) is 4.99 Å². The number of amides is 1. The molecule has 0 fully saturated rings. The van der Waals surface area contributed by atoms with Crippen molar-refractivity contribution in [2.24, 2.45) is 4.99 Å². The number of aromatic nitrogens is 1. The molecule has 0 aliphatic carbocycles. The molecule has 0 saturated carbocycles. The molecule has 0 atom stereocenters. The molecule has 3 aromatic carbocycles. The van der Waals surface area contributed by atoms with E-state index >= 15 is 0 Å². The van der Waals surface area contributed by atoms with E-state index in [1.807, 2.05) is 35.8 Å². The maximum atomic E-state index is 13.3. The summed E-state index contributed by atoms with van der Waals surface area (Å²) < 4.78 is 36.3. The zero-order valence-corrected chi connectivity index (χ0v) is 22.0. The van der Waals surface area contributed by atoms with Gasteiger partial charge in [0.15, 0.2) is 4.80 Å². The summed E-state index contributed by atoms with van der Waals surface area (Å²) >= 11 is 1.47. The van der Waals surface area contributed by atoms with E-state index in [9.17, 15) is 13.2 Å². The Hall–Kier alpha value is -3.27. The molecule has 0 spiro atoms. The van der Waals surface area contributed by atoms with Gasteiger partial charge in [-0.25, -0.2) is 8.42 Å². The van der Waals surface area contributed by atoms with Crippen LogP contribution in [0.1, 0.15) is 27.0 Å². The van der Waals surface area contributed by atoms with Crippen molar-refractivity contribution in [3.63, 3.8) is 0 Å². The second-order valence-corrected chi connectivity index (χ2v) is 11.7. The van der Waals surface area contributed by atoms with Gasteiger partial charge in [-0.15, -0.1) is 0 Å². The highest BCUT2D eigenvalue weighted by molar-refractivity contribution is 7.92. The van der Waals surface area contributed by atoms with Crippen LogP contribution < -0.4 is 9.11 Å². The maximum Gasteiger partial charge on any atom is 0.279 e. The van der Waals surface area contributed by atoms with Crippen molar-refractivity contribution in [1.29, 1.82) is 0 Å². The monoisotopic (exact) mass is 521 g/mol. The summed E-state index contributed by atoms with van der Waals surface area (Å²) in [7, 11) is -2.08. The summed E-state index contributed by atoms with van der Waals surface area (Å²) in [5, 5.41) is 0. The van der Waals surface area contributed by atoms with Crippen LogP contribution in [0.15, 0.2) is 70.6 Å². The summed E-state index contributed by atoms with van der Waals surface area (Å²) in [5.74, 6) is -0.419. The molecule has 1 amide bonds. The number of hydrogen-bond acceptors (Lipinski definition) is 5. The lowest BCUT2D eigenvalue weighted by Gasteiger charge is -2.19. The van der Waals surface area contributed by atoms with Crippen LogP contribution in [0.5, 0.6) is 0 Å². The Morgan fingerprint density at radius 1 is 1.08 bits per heavy atom. The van der Waals surface area contributed by atoms with Gasteiger partial charge in [0.2, 0.25) is 0 Å². The molecule has 1 aromatic heterocycles. The number of para-hydroxylation sites is 1. The van der Waals surface area contributed by atoms with Crippen molar-refractivity contribution < 1.29 is 17.9 Å². The average Bonchev–Trinajstić information content (AvgIpc) is 3.45. The molecule has 7 nitrogen and oxygen atoms in total. The molecule has 0 unspecified atom stereocenters. The van der Waals surface area contributed by atoms with Gasteiger partial charge in [-0.3, -0.25) is 9.10 Å². The number of hydrogen-bond donors (Lipinski definition) is 0. The fraction of sp³-hybridized carbons (Fsp3) is 0.259. The zero-order chi connectivity index (χ0) is 25.4. The number of anilines is 1. The van der Waals surface area contributed by atoms with Crippen molar-refractivity contribution in [2.45, 2.75) is 31.7 Å². The van der Waals surface area contributed by atoms with Gasteiger partial charge >= 0.3 is 0 Å². The molecular formula is C27H27N3O4S2. The summed E-state index contributed by atoms with van der Waals surface area (Å²) in [4.78, 5) is 18.2. The highest BCUT2D eigenvalue weighted by atomic mass is 32.2. The van der Waals surface area contributed by atoms with Crippen molar-refractivity contribution in [1.82, 2.24) is 4.57 Å². The van der Waals surface area contributed by atoms with Gasteiger partial charge in [0, 0.05) is 25.8 Å². The normalized spacial score (nSPS) is 14.0. The van der Waals surface area contributed by atoms with Crippen molar-refractivity contribution in [3.05, 3.63) is 87.7 Å². The number of methoxy groups -OCH3 is 1. The molecular weight excluding hydrogens is 494 g/mol. The first-order valence-corrected chi connectivity index (χ1v) is 13.9. The highest BCUT2D eigenvalue weighted by Crippen LogP contribution is 2.32. The van der Waals surface area contributed by atoms with Crippen LogP contribution in [0.3, 0.4) is 0 Å². The summed E-state index contributed by atoms with van der Waals surface area (Å²) in [5.41, 5.74) is 5.35. The molecule has 9 heteroatoms. The molecule has 2 heterocycles. The third-order valence-electron chi connectivity index (χ3n) is 6.36. The Bertz CT molecular complexity index is 1630. The second kappa shape index (κ2) is 9.65. The van der Waals surface area contributed by atoms with E-state index in [4.69, 9.17) is 4.74 Å². The third-order valence-corrected chi connectivity index (χ3v) is 9.42. The predicted molar refractivity (Wildman–Crippen MR) is 142 cm³/mol. The third kappa shape index (κ3) is 4.38. The minimum Gasteiger partial charge on any atom is -0.383 e. The molecule has 1 aliphatic rings. The maximum absolute atomic E-state index is 13.3. The van der Waals surface area contributed by atoms with Gasteiger partial charge in [0.05, 0.1) is 27.4 Å². The standard InChI is InChI=1S/C27H27N3O4S2/c1-18-16-19(2)25-24(17-18)29(14-15-34-3)27(35-25)28-26(31)21-8-10-22(11-9-21)36(32,33)30-13-12-20-6-4-5-7-23(20)30/h4-11,16-17H,12-15H2,1-3H3. The van der Waals surface area contributed by atoms with Crippen molar-refractivity contribution >= 4 is 43.2 Å². The SMILES string of the molecule is COCCn1c(=NC(=O)c2ccc(S(=O)(=O)N3CCc4ccccc43)cc2)sc2c(C)cc(C)cc21. The topological polar surface area (TPSA) is 81.0 Å². The molecule has 0 saturated heterocycles. The Morgan fingerprint density at radius 3 is 2.58 bits per heavy atom. The summed E-state index contributed by atoms with van der Waals surface area (Å²) in [6.07, 6.45) is 0.683. The number of rotatable bonds is 6. The number of fused-ring (bicyclic) bond motifs is 2. The van der Waals surface area contributed by atoms with E-state index in [0.717, 1.165) is 26.9 Å². The van der Waals surface area contributed by atoms with Crippen molar-refractivity contribution in [2.75, 3.05) is 24.6 Å². The average molecular weight is 522 g/mol. The fourth-order valence-corrected chi connectivity index (χ4v) is 7.21. The number of aryl methyl sites for hydroxylation is 2. The first kappa shape index (κ1) is 24.4. The minimum atomic E-state index is -3.72. The van der Waals surface area contributed by atoms with E-state index in [-0.39, 0.29) is 4.90 Å². The van der Waals surface area contributed by atoms with E-state index < -0.39 is 15.9 Å². The van der Waals surface area contributed by atoms with Gasteiger partial charge in [-0.1, -0.05) is 35.6 Å². The van der Waals surface area contributed by atoms with Gasteiger partial charge in [0.25, 0.3) is 15.9 Å². The van der Waals surface area contributed by atoms with Gasteiger partial charge in [-0.05, 0) is 73.4 Å². The van der Waals surface area contributed by atoms with Crippen LogP contribution in [0, 0.1) is 13.8 Å². The number of nitrogens with zero attached hydrogens (tertiary/aromatic N) is 3. The number of ether oxygens (including phenoxy) is 1. The van der Waals surface area contributed by atoms with E-state index in [1.165, 1.54) is 39.9 Å². The highest BCUT2D eigenvalue weighted by Gasteiger charge is 2.30. The Morgan fingerprint density at radius 2 is 1.83 bits per heavy atom. The van der Waals surface area contributed by atoms with Crippen molar-refractivity contribution in [3.8, 4) is 0 Å². The summed E-state index contributed by atoms with van der Waals surface area (Å²) in [6, 6.07) is 17.8. The number of carbonyl (C=O) groups is 1. The molecule has 36 heavy (non-hydrogen) atoms. The minimum absolute atomic E-state index is 0.152. The first-order chi connectivity index (χ1) is 17.3. The number of thiazole rings is 1. The smallest absolute Gasteiger partial charge is 0.279 e. The fourth-order valence-electron chi connectivity index (χ4n) is 4.60. The quantitative estimate of drug-likeness (QED) is 0.375. The largest absolute Gasteiger partial charge is 0.383 e. The van der Waals surface area contributed by atoms with Gasteiger partial charge < -0.3 is 9.30 Å². The van der Waals surface area contributed by atoms with Crippen LogP contribution in [-0.4, -0.2) is 39.2 Å². The molecule has 4 aromatic rings. The molecule has 186 valence electrons. The number of carbonyl (C=O) groups excluding carboxylic acids is 1. The predicted octanol–water partition coefficient (Wildman–Crippen LogP) is 4.46. The van der Waals surface area contributed by atoms with Gasteiger partial charge in [0.1, 0.15) is 0 Å². The lowest BCUT2D eigenvalue weighted by Crippen LogP contribution is -2.29. The molecule has 0 N–H and O–H groups in total. The Kier molecular flexibility index (Phi) is 6.55. The van der Waals surface area contributed by atoms with E-state index in [1.54, 1.807) is 7.11 Å². The lowest BCUT2D eigenvalue weighted by atomic mass is 10.1. The molecule has 1 aliphatic heterocycles. The molecule has 0 radical (unpaired) electrons. The number of benzene rings is 3. The van der Waals surface area contributed by atoms with Crippen LogP contribution in [0.4, 0.5) is 5.69 Å². The van der Waals surface area contributed by atoms with E-state index in [0.29, 0.717) is 42.2 Å². The zero-order valence-electron chi connectivity index (χ0n) is 20.4. The lowest BCUT2D eigenvalue weighted by molar-refractivity contribution is 0.0997. The molecule has 0 bridgehead atoms. The Labute approximate surface area is 214 Å². The van der Waals surface area contributed by atoms with Crippen LogP contribution >= 0.6 is 11.3 Å². The number of sulfonamides is 1. The van der Waals surface area contributed by atoms with E-state index in [2.05, 4.69) is 24.0 Å². The van der Waals surface area contributed by atoms with Crippen LogP contribution in [0.25, 0.3) is 10.2 Å². The molecule has 5 rings (SSSR count). The summed E-state index contributed by atoms with van der Waals surface area (Å²) in [6.45, 7) is 5.56. The Balaban J connectivity index is 1.47. The van der Waals surface area contributed by atoms with Crippen LogP contribution in [0.2, 0.25) is 0 Å².